The molecule has 6 nitrogen and oxygen atoms in total. The lowest BCUT2D eigenvalue weighted by molar-refractivity contribution is -0.00607. The molecule has 0 aromatic heterocycles. The first kappa shape index (κ1) is 21.1. The summed E-state index contributed by atoms with van der Waals surface area (Å²) in [6.45, 7) is 2.67. The van der Waals surface area contributed by atoms with E-state index in [0.717, 1.165) is 55.2 Å². The molecule has 7 heteroatoms. The lowest BCUT2D eigenvalue weighted by Crippen LogP contribution is -2.58. The van der Waals surface area contributed by atoms with Crippen LogP contribution in [0.1, 0.15) is 24.4 Å². The van der Waals surface area contributed by atoms with Crippen LogP contribution in [-0.4, -0.2) is 63.1 Å². The van der Waals surface area contributed by atoms with Gasteiger partial charge in [-0.2, -0.15) is 0 Å². The molecule has 2 fully saturated rings. The third-order valence-electron chi connectivity index (χ3n) is 6.26. The number of piperazine rings is 1. The minimum atomic E-state index is -0.330. The van der Waals surface area contributed by atoms with E-state index >= 15 is 0 Å². The number of fused-ring (bicyclic) bond motifs is 1. The third kappa shape index (κ3) is 4.04. The van der Waals surface area contributed by atoms with Gasteiger partial charge in [0, 0.05) is 43.5 Å². The molecule has 2 aliphatic heterocycles. The van der Waals surface area contributed by atoms with Gasteiger partial charge < -0.3 is 24.2 Å². The van der Waals surface area contributed by atoms with Crippen LogP contribution < -0.4 is 19.1 Å². The van der Waals surface area contributed by atoms with E-state index < -0.39 is 0 Å². The number of hydrogen-bond acceptors (Lipinski definition) is 6. The Kier molecular flexibility index (Phi) is 6.27. The lowest BCUT2D eigenvalue weighted by Gasteiger charge is -2.50. The first-order chi connectivity index (χ1) is 14.5. The molecule has 2 unspecified atom stereocenters. The van der Waals surface area contributed by atoms with Crippen molar-refractivity contribution in [2.24, 2.45) is 0 Å². The number of piperidine rings is 1. The van der Waals surface area contributed by atoms with E-state index in [1.165, 1.54) is 0 Å². The standard InChI is InChI=1S/C23H29ClN2O4/c1-28-21-7-4-15(10-23(21)30-3)20-13-18(27)11-17-14-25(8-9-26(17)20)16-5-6-19(24)22(12-16)29-2/h4-7,10,12,17-18,20,27H,8-9,11,13-14H2,1-3H3/t17?,18?,20-/m1/s1. The average Bonchev–Trinajstić information content (AvgIpc) is 2.77. The maximum absolute atomic E-state index is 10.6. The number of nitrogens with zero attached hydrogens (tertiary/aromatic N) is 2. The third-order valence-corrected chi connectivity index (χ3v) is 6.57. The van der Waals surface area contributed by atoms with Crippen LogP contribution in [0.15, 0.2) is 36.4 Å². The van der Waals surface area contributed by atoms with E-state index in [-0.39, 0.29) is 18.2 Å². The molecular formula is C23H29ClN2O4. The van der Waals surface area contributed by atoms with Crippen LogP contribution in [0.25, 0.3) is 0 Å². The highest BCUT2D eigenvalue weighted by molar-refractivity contribution is 6.32. The topological polar surface area (TPSA) is 54.4 Å². The molecule has 0 radical (unpaired) electrons. The van der Waals surface area contributed by atoms with Crippen LogP contribution in [0.5, 0.6) is 17.2 Å². The molecule has 2 heterocycles. The molecule has 0 spiro atoms. The summed E-state index contributed by atoms with van der Waals surface area (Å²) in [6.07, 6.45) is 1.16. The van der Waals surface area contributed by atoms with E-state index in [0.29, 0.717) is 10.8 Å². The molecule has 2 aromatic rings. The highest BCUT2D eigenvalue weighted by Gasteiger charge is 2.39. The summed E-state index contributed by atoms with van der Waals surface area (Å²) in [5.41, 5.74) is 2.25. The Morgan fingerprint density at radius 1 is 0.900 bits per heavy atom. The van der Waals surface area contributed by atoms with E-state index in [1.54, 1.807) is 21.3 Å². The second-order valence-corrected chi connectivity index (χ2v) is 8.32. The van der Waals surface area contributed by atoms with Gasteiger partial charge in [0.15, 0.2) is 11.5 Å². The molecule has 1 N–H and O–H groups in total. The van der Waals surface area contributed by atoms with E-state index in [9.17, 15) is 5.11 Å². The van der Waals surface area contributed by atoms with Crippen LogP contribution in [0, 0.1) is 0 Å². The average molecular weight is 433 g/mol. The van der Waals surface area contributed by atoms with Crippen molar-refractivity contribution < 1.29 is 19.3 Å². The molecular weight excluding hydrogens is 404 g/mol. The number of aliphatic hydroxyl groups is 1. The molecule has 30 heavy (non-hydrogen) atoms. The summed E-state index contributed by atoms with van der Waals surface area (Å²) in [5, 5.41) is 11.3. The van der Waals surface area contributed by atoms with Gasteiger partial charge in [0.25, 0.3) is 0 Å². The van der Waals surface area contributed by atoms with Crippen molar-refractivity contribution in [2.45, 2.75) is 31.0 Å². The summed E-state index contributed by atoms with van der Waals surface area (Å²) in [4.78, 5) is 4.88. The van der Waals surface area contributed by atoms with Gasteiger partial charge >= 0.3 is 0 Å². The van der Waals surface area contributed by atoms with Crippen molar-refractivity contribution in [2.75, 3.05) is 45.9 Å². The van der Waals surface area contributed by atoms with Gasteiger partial charge in [0.1, 0.15) is 5.75 Å². The van der Waals surface area contributed by atoms with Crippen molar-refractivity contribution in [3.63, 3.8) is 0 Å². The fourth-order valence-electron chi connectivity index (χ4n) is 4.76. The van der Waals surface area contributed by atoms with Gasteiger partial charge in [-0.3, -0.25) is 4.90 Å². The van der Waals surface area contributed by atoms with Crippen LogP contribution in [0.3, 0.4) is 0 Å². The van der Waals surface area contributed by atoms with Crippen LogP contribution in [0.2, 0.25) is 5.02 Å². The molecule has 2 aromatic carbocycles. The summed E-state index contributed by atoms with van der Waals surface area (Å²) in [6, 6.07) is 12.4. The van der Waals surface area contributed by atoms with Crippen LogP contribution in [0.4, 0.5) is 5.69 Å². The highest BCUT2D eigenvalue weighted by atomic mass is 35.5. The van der Waals surface area contributed by atoms with Gasteiger partial charge in [-0.25, -0.2) is 0 Å². The quantitative estimate of drug-likeness (QED) is 0.776. The predicted octanol–water partition coefficient (Wildman–Crippen LogP) is 3.75. The van der Waals surface area contributed by atoms with E-state index in [1.807, 2.05) is 30.3 Å². The number of ether oxygens (including phenoxy) is 3. The second kappa shape index (κ2) is 8.92. The Morgan fingerprint density at radius 2 is 1.67 bits per heavy atom. The minimum Gasteiger partial charge on any atom is -0.495 e. The lowest BCUT2D eigenvalue weighted by atomic mass is 9.87. The van der Waals surface area contributed by atoms with Gasteiger partial charge in [0.2, 0.25) is 0 Å². The zero-order chi connectivity index (χ0) is 21.3. The molecule has 4 rings (SSSR count). The van der Waals surface area contributed by atoms with Crippen molar-refractivity contribution in [3.05, 3.63) is 47.0 Å². The Labute approximate surface area is 182 Å². The Bertz CT molecular complexity index is 894. The summed E-state index contributed by atoms with van der Waals surface area (Å²) in [5.74, 6) is 2.12. The van der Waals surface area contributed by atoms with Crippen molar-refractivity contribution in [1.82, 2.24) is 4.90 Å². The fourth-order valence-corrected chi connectivity index (χ4v) is 4.95. The number of aliphatic hydroxyl groups excluding tert-OH is 1. The predicted molar refractivity (Wildman–Crippen MR) is 118 cm³/mol. The van der Waals surface area contributed by atoms with E-state index in [4.69, 9.17) is 25.8 Å². The summed E-state index contributed by atoms with van der Waals surface area (Å²) in [7, 11) is 4.93. The van der Waals surface area contributed by atoms with E-state index in [2.05, 4.69) is 15.9 Å². The SMILES string of the molecule is COc1cc(N2CCN3C(CC(O)C[C@@H]3c3ccc(OC)c(OC)c3)C2)ccc1Cl. The first-order valence-electron chi connectivity index (χ1n) is 10.3. The summed E-state index contributed by atoms with van der Waals surface area (Å²) < 4.78 is 16.3. The minimum absolute atomic E-state index is 0.153. The maximum Gasteiger partial charge on any atom is 0.161 e. The fraction of sp³-hybridized carbons (Fsp3) is 0.478. The van der Waals surface area contributed by atoms with Crippen molar-refractivity contribution in [1.29, 1.82) is 0 Å². The monoisotopic (exact) mass is 432 g/mol. The van der Waals surface area contributed by atoms with Gasteiger partial charge in [-0.15, -0.1) is 0 Å². The number of hydrogen-bond donors (Lipinski definition) is 1. The Balaban J connectivity index is 1.56. The Morgan fingerprint density at radius 3 is 2.40 bits per heavy atom. The maximum atomic E-state index is 10.6. The number of rotatable bonds is 5. The molecule has 2 saturated heterocycles. The number of halogens is 1. The second-order valence-electron chi connectivity index (χ2n) is 7.91. The largest absolute Gasteiger partial charge is 0.495 e. The van der Waals surface area contributed by atoms with Crippen molar-refractivity contribution >= 4 is 17.3 Å². The number of benzene rings is 2. The van der Waals surface area contributed by atoms with Crippen LogP contribution in [-0.2, 0) is 0 Å². The highest BCUT2D eigenvalue weighted by Crippen LogP contribution is 2.40. The van der Waals surface area contributed by atoms with Gasteiger partial charge in [-0.1, -0.05) is 17.7 Å². The number of anilines is 1. The molecule has 2 aliphatic rings. The molecule has 3 atom stereocenters. The van der Waals surface area contributed by atoms with Gasteiger partial charge in [-0.05, 0) is 42.7 Å². The molecule has 0 aliphatic carbocycles. The zero-order valence-electron chi connectivity index (χ0n) is 17.7. The van der Waals surface area contributed by atoms with Crippen molar-refractivity contribution in [3.8, 4) is 17.2 Å². The first-order valence-corrected chi connectivity index (χ1v) is 10.7. The normalized spacial score (nSPS) is 24.3. The molecule has 162 valence electrons. The molecule has 0 bridgehead atoms. The molecule has 0 amide bonds. The van der Waals surface area contributed by atoms with Gasteiger partial charge in [0.05, 0.1) is 32.5 Å². The Hall–Kier alpha value is -2.15. The number of methoxy groups -OCH3 is 3. The molecule has 0 saturated carbocycles. The zero-order valence-corrected chi connectivity index (χ0v) is 18.4. The summed E-state index contributed by atoms with van der Waals surface area (Å²) >= 11 is 6.19. The van der Waals surface area contributed by atoms with Crippen LogP contribution >= 0.6 is 11.6 Å². The smallest absolute Gasteiger partial charge is 0.161 e.